The Kier molecular flexibility index (Phi) is 3.06. The third-order valence-electron chi connectivity index (χ3n) is 1.73. The van der Waals surface area contributed by atoms with E-state index in [4.69, 9.17) is 4.74 Å². The molecule has 0 spiro atoms. The van der Waals surface area contributed by atoms with Crippen molar-refractivity contribution < 1.29 is 4.74 Å². The van der Waals surface area contributed by atoms with Gasteiger partial charge in [0.25, 0.3) is 5.56 Å². The number of nitrogens with one attached hydrogen (secondary N) is 1. The summed E-state index contributed by atoms with van der Waals surface area (Å²) >= 11 is 0. The summed E-state index contributed by atoms with van der Waals surface area (Å²) in [6, 6.07) is 1.36. The minimum atomic E-state index is -0.175. The molecule has 0 amide bonds. The second-order valence-electron chi connectivity index (χ2n) is 3.01. The molecule has 1 atom stereocenters. The van der Waals surface area contributed by atoms with E-state index in [1.165, 1.54) is 6.07 Å². The lowest BCUT2D eigenvalue weighted by atomic mass is 10.3. The molecule has 0 fully saturated rings. The molecular weight excluding hydrogens is 168 g/mol. The van der Waals surface area contributed by atoms with Crippen LogP contribution in [0, 0.1) is 6.92 Å². The van der Waals surface area contributed by atoms with Crippen molar-refractivity contribution in [1.82, 2.24) is 9.97 Å². The highest BCUT2D eigenvalue weighted by Gasteiger charge is 2.03. The molecule has 13 heavy (non-hydrogen) atoms. The van der Waals surface area contributed by atoms with Crippen LogP contribution < -0.4 is 10.3 Å². The maximum atomic E-state index is 11.0. The fourth-order valence-corrected chi connectivity index (χ4v) is 0.902. The minimum absolute atomic E-state index is 0.0914. The molecule has 1 heterocycles. The highest BCUT2D eigenvalue weighted by atomic mass is 16.5. The molecule has 4 nitrogen and oxygen atoms in total. The highest BCUT2D eigenvalue weighted by molar-refractivity contribution is 5.08. The highest BCUT2D eigenvalue weighted by Crippen LogP contribution is 2.06. The van der Waals surface area contributed by atoms with Gasteiger partial charge in [-0.05, 0) is 20.3 Å². The lowest BCUT2D eigenvalue weighted by Gasteiger charge is -2.10. The second-order valence-corrected chi connectivity index (χ2v) is 3.01. The molecule has 0 aliphatic carbocycles. The smallest absolute Gasteiger partial charge is 0.254 e. The predicted octanol–water partition coefficient (Wildman–Crippen LogP) is 1.26. The van der Waals surface area contributed by atoms with Crippen molar-refractivity contribution in [2.75, 3.05) is 0 Å². The fourth-order valence-electron chi connectivity index (χ4n) is 0.902. The maximum Gasteiger partial charge on any atom is 0.254 e. The van der Waals surface area contributed by atoms with E-state index >= 15 is 0 Å². The topological polar surface area (TPSA) is 55.0 Å². The summed E-state index contributed by atoms with van der Waals surface area (Å²) in [6.07, 6.45) is 0.988. The van der Waals surface area contributed by atoms with Crippen LogP contribution in [0.5, 0.6) is 5.88 Å². The molecule has 0 radical (unpaired) electrons. The zero-order valence-electron chi connectivity index (χ0n) is 8.13. The Morgan fingerprint density at radius 1 is 1.69 bits per heavy atom. The van der Waals surface area contributed by atoms with E-state index in [0.717, 1.165) is 6.42 Å². The van der Waals surface area contributed by atoms with Crippen LogP contribution >= 0.6 is 0 Å². The van der Waals surface area contributed by atoms with Crippen molar-refractivity contribution in [3.05, 3.63) is 22.2 Å². The summed E-state index contributed by atoms with van der Waals surface area (Å²) in [7, 11) is 0. The maximum absolute atomic E-state index is 11.0. The zero-order chi connectivity index (χ0) is 9.84. The first-order valence-corrected chi connectivity index (χ1v) is 4.36. The summed E-state index contributed by atoms with van der Waals surface area (Å²) in [4.78, 5) is 17.6. The lowest BCUT2D eigenvalue weighted by molar-refractivity contribution is 0.207. The first-order chi connectivity index (χ1) is 6.11. The summed E-state index contributed by atoms with van der Waals surface area (Å²) in [5, 5.41) is 0. The summed E-state index contributed by atoms with van der Waals surface area (Å²) in [5.41, 5.74) is -0.175. The van der Waals surface area contributed by atoms with Crippen LogP contribution in [0.15, 0.2) is 10.9 Å². The van der Waals surface area contributed by atoms with Gasteiger partial charge < -0.3 is 9.72 Å². The lowest BCUT2D eigenvalue weighted by Crippen LogP contribution is -2.15. The molecule has 1 unspecified atom stereocenters. The number of aromatic amines is 1. The zero-order valence-corrected chi connectivity index (χ0v) is 8.13. The van der Waals surface area contributed by atoms with Gasteiger partial charge in [0.15, 0.2) is 0 Å². The fraction of sp³-hybridized carbons (Fsp3) is 0.556. The Bertz CT molecular complexity index is 333. The van der Waals surface area contributed by atoms with Crippen LogP contribution in [0.3, 0.4) is 0 Å². The number of aryl methyl sites for hydroxylation is 1. The Morgan fingerprint density at radius 2 is 2.38 bits per heavy atom. The molecule has 0 aliphatic heterocycles. The number of aromatic nitrogens is 2. The molecule has 1 rings (SSSR count). The van der Waals surface area contributed by atoms with Crippen LogP contribution in [-0.4, -0.2) is 16.1 Å². The van der Waals surface area contributed by atoms with Gasteiger partial charge in [0.2, 0.25) is 5.88 Å². The standard InChI is InChI=1S/C9H14N2O2/c1-4-6(2)13-9-5-8(12)10-7(3)11-9/h5-6H,4H2,1-3H3,(H,10,11,12). The molecule has 0 saturated carbocycles. The first-order valence-electron chi connectivity index (χ1n) is 4.36. The van der Waals surface area contributed by atoms with E-state index in [2.05, 4.69) is 9.97 Å². The third-order valence-corrected chi connectivity index (χ3v) is 1.73. The molecule has 0 bridgehead atoms. The van der Waals surface area contributed by atoms with Gasteiger partial charge in [0.05, 0.1) is 12.2 Å². The van der Waals surface area contributed by atoms with E-state index < -0.39 is 0 Å². The molecule has 4 heteroatoms. The number of hydrogen-bond acceptors (Lipinski definition) is 3. The Balaban J connectivity index is 2.83. The number of rotatable bonds is 3. The van der Waals surface area contributed by atoms with Gasteiger partial charge in [-0.1, -0.05) is 6.92 Å². The molecule has 1 aromatic heterocycles. The molecule has 1 aromatic rings. The van der Waals surface area contributed by atoms with Gasteiger partial charge >= 0.3 is 0 Å². The Hall–Kier alpha value is -1.32. The SMILES string of the molecule is CCC(C)Oc1cc(=O)[nH]c(C)n1. The van der Waals surface area contributed by atoms with Gasteiger partial charge in [-0.2, -0.15) is 0 Å². The number of hydrogen-bond donors (Lipinski definition) is 1. The molecule has 0 saturated heterocycles. The summed E-state index contributed by atoms with van der Waals surface area (Å²) in [5.74, 6) is 0.974. The van der Waals surface area contributed by atoms with E-state index in [0.29, 0.717) is 11.7 Å². The Labute approximate surface area is 77.0 Å². The Morgan fingerprint density at radius 3 is 2.92 bits per heavy atom. The van der Waals surface area contributed by atoms with Crippen LogP contribution in [-0.2, 0) is 0 Å². The molecule has 1 N–H and O–H groups in total. The second kappa shape index (κ2) is 4.07. The molecular formula is C9H14N2O2. The number of ether oxygens (including phenoxy) is 1. The monoisotopic (exact) mass is 182 g/mol. The molecule has 0 aliphatic rings. The van der Waals surface area contributed by atoms with E-state index in [9.17, 15) is 4.79 Å². The third kappa shape index (κ3) is 2.89. The van der Waals surface area contributed by atoms with Gasteiger partial charge in [-0.15, -0.1) is 0 Å². The minimum Gasteiger partial charge on any atom is -0.474 e. The van der Waals surface area contributed by atoms with Crippen LogP contribution in [0.4, 0.5) is 0 Å². The van der Waals surface area contributed by atoms with Crippen molar-refractivity contribution in [2.45, 2.75) is 33.3 Å². The van der Waals surface area contributed by atoms with Crippen LogP contribution in [0.1, 0.15) is 26.1 Å². The van der Waals surface area contributed by atoms with Gasteiger partial charge in [-0.3, -0.25) is 4.79 Å². The van der Waals surface area contributed by atoms with Gasteiger partial charge in [0, 0.05) is 0 Å². The van der Waals surface area contributed by atoms with Gasteiger partial charge in [-0.25, -0.2) is 4.98 Å². The van der Waals surface area contributed by atoms with Crippen molar-refractivity contribution in [3.63, 3.8) is 0 Å². The largest absolute Gasteiger partial charge is 0.474 e. The predicted molar refractivity (Wildman–Crippen MR) is 50.0 cm³/mol. The van der Waals surface area contributed by atoms with Crippen molar-refractivity contribution >= 4 is 0 Å². The summed E-state index contributed by atoms with van der Waals surface area (Å²) in [6.45, 7) is 5.69. The average molecular weight is 182 g/mol. The van der Waals surface area contributed by atoms with E-state index in [1.54, 1.807) is 6.92 Å². The van der Waals surface area contributed by atoms with Crippen molar-refractivity contribution in [2.24, 2.45) is 0 Å². The molecule has 72 valence electrons. The summed E-state index contributed by atoms with van der Waals surface area (Å²) < 4.78 is 5.39. The normalized spacial score (nSPS) is 12.5. The van der Waals surface area contributed by atoms with Crippen molar-refractivity contribution in [1.29, 1.82) is 0 Å². The van der Waals surface area contributed by atoms with Crippen molar-refractivity contribution in [3.8, 4) is 5.88 Å². The quantitative estimate of drug-likeness (QED) is 0.765. The number of nitrogens with zero attached hydrogens (tertiary/aromatic N) is 1. The van der Waals surface area contributed by atoms with Gasteiger partial charge in [0.1, 0.15) is 5.82 Å². The number of H-pyrrole nitrogens is 1. The van der Waals surface area contributed by atoms with E-state index in [-0.39, 0.29) is 11.7 Å². The first kappa shape index (κ1) is 9.77. The average Bonchev–Trinajstić information content (AvgIpc) is 2.02. The van der Waals surface area contributed by atoms with E-state index in [1.807, 2.05) is 13.8 Å². The van der Waals surface area contributed by atoms with Crippen LogP contribution in [0.25, 0.3) is 0 Å². The molecule has 0 aromatic carbocycles. The van der Waals surface area contributed by atoms with Crippen LogP contribution in [0.2, 0.25) is 0 Å².